The molecule has 1 aromatic carbocycles. The second kappa shape index (κ2) is 8.05. The molecule has 0 spiro atoms. The first kappa shape index (κ1) is 16.6. The molecular formula is C17H19N3O3. The van der Waals surface area contributed by atoms with Crippen LogP contribution < -0.4 is 10.6 Å². The van der Waals surface area contributed by atoms with E-state index in [0.717, 1.165) is 5.69 Å². The molecule has 0 aliphatic heterocycles. The van der Waals surface area contributed by atoms with Gasteiger partial charge in [0.2, 0.25) is 0 Å². The third-order valence-corrected chi connectivity index (χ3v) is 3.19. The van der Waals surface area contributed by atoms with E-state index in [1.54, 1.807) is 43.6 Å². The summed E-state index contributed by atoms with van der Waals surface area (Å²) >= 11 is 0. The number of nitrogens with one attached hydrogen (secondary N) is 2. The highest BCUT2D eigenvalue weighted by molar-refractivity contribution is 6.04. The standard InChI is InChI=1S/C17H19N3O3/c1-12(21)13-3-5-15(6-4-13)20-17(22)14-9-16(11-18-10-14)19-7-8-23-2/h3-6,9-11,19H,7-8H2,1-2H3,(H,20,22). The molecule has 0 fully saturated rings. The first-order valence-corrected chi connectivity index (χ1v) is 7.20. The molecule has 1 aromatic heterocycles. The number of Topliss-reactive ketones (excluding diaryl/α,β-unsaturated/α-hetero) is 1. The molecule has 120 valence electrons. The zero-order valence-electron chi connectivity index (χ0n) is 13.1. The largest absolute Gasteiger partial charge is 0.383 e. The predicted octanol–water partition coefficient (Wildman–Crippen LogP) is 2.59. The maximum atomic E-state index is 12.2. The minimum Gasteiger partial charge on any atom is -0.383 e. The van der Waals surface area contributed by atoms with E-state index in [-0.39, 0.29) is 11.7 Å². The van der Waals surface area contributed by atoms with Gasteiger partial charge in [-0.1, -0.05) is 0 Å². The third kappa shape index (κ3) is 4.89. The average molecular weight is 313 g/mol. The predicted molar refractivity (Wildman–Crippen MR) is 89.0 cm³/mol. The van der Waals surface area contributed by atoms with Crippen LogP contribution in [0.25, 0.3) is 0 Å². The molecule has 0 saturated carbocycles. The maximum Gasteiger partial charge on any atom is 0.257 e. The molecule has 2 aromatic rings. The quantitative estimate of drug-likeness (QED) is 0.606. The number of rotatable bonds is 7. The molecule has 0 aliphatic rings. The summed E-state index contributed by atoms with van der Waals surface area (Å²) in [6, 6.07) is 8.48. The average Bonchev–Trinajstić information content (AvgIpc) is 2.56. The van der Waals surface area contributed by atoms with Crippen LogP contribution in [0.1, 0.15) is 27.6 Å². The van der Waals surface area contributed by atoms with Crippen molar-refractivity contribution in [3.63, 3.8) is 0 Å². The van der Waals surface area contributed by atoms with Gasteiger partial charge in [-0.3, -0.25) is 14.6 Å². The molecule has 0 unspecified atom stereocenters. The van der Waals surface area contributed by atoms with Gasteiger partial charge in [-0.15, -0.1) is 0 Å². The van der Waals surface area contributed by atoms with Crippen molar-refractivity contribution in [2.75, 3.05) is 30.9 Å². The van der Waals surface area contributed by atoms with Gasteiger partial charge in [0.15, 0.2) is 5.78 Å². The normalized spacial score (nSPS) is 10.2. The fourth-order valence-corrected chi connectivity index (χ4v) is 1.95. The Morgan fingerprint density at radius 2 is 1.83 bits per heavy atom. The number of benzene rings is 1. The second-order valence-electron chi connectivity index (χ2n) is 4.97. The van der Waals surface area contributed by atoms with Gasteiger partial charge in [-0.25, -0.2) is 0 Å². The summed E-state index contributed by atoms with van der Waals surface area (Å²) in [6.45, 7) is 2.70. The van der Waals surface area contributed by atoms with Crippen molar-refractivity contribution < 1.29 is 14.3 Å². The summed E-state index contributed by atoms with van der Waals surface area (Å²) in [6.07, 6.45) is 3.15. The Morgan fingerprint density at radius 3 is 2.48 bits per heavy atom. The van der Waals surface area contributed by atoms with E-state index >= 15 is 0 Å². The van der Waals surface area contributed by atoms with E-state index in [0.29, 0.717) is 30.0 Å². The number of hydrogen-bond donors (Lipinski definition) is 2. The van der Waals surface area contributed by atoms with Crippen LogP contribution in [-0.4, -0.2) is 36.9 Å². The minimum atomic E-state index is -0.261. The summed E-state index contributed by atoms with van der Waals surface area (Å²) in [5.74, 6) is -0.273. The summed E-state index contributed by atoms with van der Waals surface area (Å²) in [7, 11) is 1.63. The molecule has 23 heavy (non-hydrogen) atoms. The first-order valence-electron chi connectivity index (χ1n) is 7.20. The zero-order chi connectivity index (χ0) is 16.7. The van der Waals surface area contributed by atoms with Gasteiger partial charge in [0, 0.05) is 37.3 Å². The molecule has 0 aliphatic carbocycles. The molecule has 0 bridgehead atoms. The van der Waals surface area contributed by atoms with Gasteiger partial charge in [0.1, 0.15) is 0 Å². The lowest BCUT2D eigenvalue weighted by atomic mass is 10.1. The number of carbonyl (C=O) groups excluding carboxylic acids is 2. The third-order valence-electron chi connectivity index (χ3n) is 3.19. The molecule has 0 saturated heterocycles. The Morgan fingerprint density at radius 1 is 1.09 bits per heavy atom. The van der Waals surface area contributed by atoms with E-state index < -0.39 is 0 Å². The van der Waals surface area contributed by atoms with Crippen molar-refractivity contribution in [2.45, 2.75) is 6.92 Å². The van der Waals surface area contributed by atoms with Crippen LogP contribution >= 0.6 is 0 Å². The van der Waals surface area contributed by atoms with Crippen LogP contribution in [0.5, 0.6) is 0 Å². The van der Waals surface area contributed by atoms with E-state index in [1.165, 1.54) is 13.1 Å². The number of anilines is 2. The molecule has 0 radical (unpaired) electrons. The lowest BCUT2D eigenvalue weighted by Gasteiger charge is -2.08. The lowest BCUT2D eigenvalue weighted by molar-refractivity contribution is 0.101. The highest BCUT2D eigenvalue weighted by atomic mass is 16.5. The van der Waals surface area contributed by atoms with Gasteiger partial charge in [-0.05, 0) is 37.3 Å². The second-order valence-corrected chi connectivity index (χ2v) is 4.97. The molecule has 6 nitrogen and oxygen atoms in total. The fourth-order valence-electron chi connectivity index (χ4n) is 1.95. The van der Waals surface area contributed by atoms with E-state index in [9.17, 15) is 9.59 Å². The summed E-state index contributed by atoms with van der Waals surface area (Å²) in [5, 5.41) is 5.90. The van der Waals surface area contributed by atoms with Gasteiger partial charge in [0.25, 0.3) is 5.91 Å². The van der Waals surface area contributed by atoms with Crippen molar-refractivity contribution >= 4 is 23.1 Å². The van der Waals surface area contributed by atoms with Crippen molar-refractivity contribution in [2.24, 2.45) is 0 Å². The van der Waals surface area contributed by atoms with Crippen LogP contribution in [0.2, 0.25) is 0 Å². The Balaban J connectivity index is 2.02. The molecule has 2 rings (SSSR count). The monoisotopic (exact) mass is 313 g/mol. The maximum absolute atomic E-state index is 12.2. The Labute approximate surface area is 134 Å². The number of pyridine rings is 1. The van der Waals surface area contributed by atoms with Crippen LogP contribution in [0.3, 0.4) is 0 Å². The molecule has 1 heterocycles. The van der Waals surface area contributed by atoms with Crippen LogP contribution in [0.4, 0.5) is 11.4 Å². The smallest absolute Gasteiger partial charge is 0.257 e. The number of methoxy groups -OCH3 is 1. The van der Waals surface area contributed by atoms with Gasteiger partial charge < -0.3 is 15.4 Å². The van der Waals surface area contributed by atoms with Gasteiger partial charge in [0.05, 0.1) is 17.9 Å². The fraction of sp³-hybridized carbons (Fsp3) is 0.235. The first-order chi connectivity index (χ1) is 11.1. The van der Waals surface area contributed by atoms with Crippen LogP contribution in [-0.2, 0) is 4.74 Å². The highest BCUT2D eigenvalue weighted by Crippen LogP contribution is 2.13. The molecule has 0 atom stereocenters. The highest BCUT2D eigenvalue weighted by Gasteiger charge is 2.08. The van der Waals surface area contributed by atoms with Crippen molar-refractivity contribution in [1.29, 1.82) is 0 Å². The Hall–Kier alpha value is -2.73. The van der Waals surface area contributed by atoms with Crippen LogP contribution in [0.15, 0.2) is 42.7 Å². The number of ketones is 1. The Kier molecular flexibility index (Phi) is 5.82. The number of amides is 1. The van der Waals surface area contributed by atoms with Crippen LogP contribution in [0, 0.1) is 0 Å². The molecule has 1 amide bonds. The van der Waals surface area contributed by atoms with Gasteiger partial charge >= 0.3 is 0 Å². The number of hydrogen-bond acceptors (Lipinski definition) is 5. The van der Waals surface area contributed by atoms with Crippen molar-refractivity contribution in [3.05, 3.63) is 53.9 Å². The van der Waals surface area contributed by atoms with E-state index in [2.05, 4.69) is 15.6 Å². The number of aromatic nitrogens is 1. The summed E-state index contributed by atoms with van der Waals surface area (Å²) in [5.41, 5.74) is 2.43. The molecule has 6 heteroatoms. The van der Waals surface area contributed by atoms with E-state index in [4.69, 9.17) is 4.74 Å². The van der Waals surface area contributed by atoms with E-state index in [1.807, 2.05) is 0 Å². The van der Waals surface area contributed by atoms with Crippen molar-refractivity contribution in [1.82, 2.24) is 4.98 Å². The SMILES string of the molecule is COCCNc1cncc(C(=O)Nc2ccc(C(C)=O)cc2)c1. The number of nitrogens with zero attached hydrogens (tertiary/aromatic N) is 1. The molecular weight excluding hydrogens is 294 g/mol. The van der Waals surface area contributed by atoms with Gasteiger partial charge in [-0.2, -0.15) is 0 Å². The summed E-state index contributed by atoms with van der Waals surface area (Å²) in [4.78, 5) is 27.5. The number of ether oxygens (including phenoxy) is 1. The zero-order valence-corrected chi connectivity index (χ0v) is 13.1. The Bertz CT molecular complexity index is 684. The topological polar surface area (TPSA) is 80.3 Å². The lowest BCUT2D eigenvalue weighted by Crippen LogP contribution is -2.13. The minimum absolute atomic E-state index is 0.0121. The molecule has 2 N–H and O–H groups in total. The van der Waals surface area contributed by atoms with Crippen molar-refractivity contribution in [3.8, 4) is 0 Å². The summed E-state index contributed by atoms with van der Waals surface area (Å²) < 4.78 is 4.96. The number of carbonyl (C=O) groups is 2.